The standard InChI is InChI=1S/C23H21NO4/c1-26-20-12-11-15(13-21(20)27-2)14-22(25)24-23-16-7-3-5-9-18(16)28-19-10-6-4-8-17(19)23/h3-13,23H,14H2,1-2H3,(H,24,25). The van der Waals surface area contributed by atoms with Gasteiger partial charge in [0.1, 0.15) is 11.5 Å². The predicted molar refractivity (Wildman–Crippen MR) is 106 cm³/mol. The molecule has 5 heteroatoms. The van der Waals surface area contributed by atoms with E-state index in [1.165, 1.54) is 0 Å². The first-order valence-corrected chi connectivity index (χ1v) is 9.05. The highest BCUT2D eigenvalue weighted by Crippen LogP contribution is 2.42. The molecule has 0 aromatic heterocycles. The summed E-state index contributed by atoms with van der Waals surface area (Å²) in [5.74, 6) is 2.69. The molecule has 1 aliphatic rings. The average molecular weight is 375 g/mol. The molecule has 1 N–H and O–H groups in total. The Kier molecular flexibility index (Phi) is 4.89. The predicted octanol–water partition coefficient (Wildman–Crippen LogP) is 4.26. The van der Waals surface area contributed by atoms with Gasteiger partial charge in [0.15, 0.2) is 11.5 Å². The van der Waals surface area contributed by atoms with Crippen LogP contribution in [-0.4, -0.2) is 20.1 Å². The van der Waals surface area contributed by atoms with Crippen LogP contribution in [-0.2, 0) is 11.2 Å². The summed E-state index contributed by atoms with van der Waals surface area (Å²) in [6.07, 6.45) is 0.238. The van der Waals surface area contributed by atoms with Gasteiger partial charge in [0.05, 0.1) is 26.7 Å². The summed E-state index contributed by atoms with van der Waals surface area (Å²) in [6, 6.07) is 20.8. The first-order valence-electron chi connectivity index (χ1n) is 9.05. The van der Waals surface area contributed by atoms with Crippen molar-refractivity contribution in [2.45, 2.75) is 12.5 Å². The maximum atomic E-state index is 12.8. The van der Waals surface area contributed by atoms with Gasteiger partial charge in [0.25, 0.3) is 0 Å². The summed E-state index contributed by atoms with van der Waals surface area (Å²) in [5, 5.41) is 3.15. The number of hydrogen-bond acceptors (Lipinski definition) is 4. The van der Waals surface area contributed by atoms with Gasteiger partial charge < -0.3 is 19.5 Å². The maximum absolute atomic E-state index is 12.8. The Hall–Kier alpha value is -3.47. The Morgan fingerprint density at radius 1 is 0.893 bits per heavy atom. The molecule has 28 heavy (non-hydrogen) atoms. The molecule has 1 amide bonds. The number of fused-ring (bicyclic) bond motifs is 2. The quantitative estimate of drug-likeness (QED) is 0.724. The van der Waals surface area contributed by atoms with E-state index in [4.69, 9.17) is 14.2 Å². The summed E-state index contributed by atoms with van der Waals surface area (Å²) in [5.41, 5.74) is 2.74. The van der Waals surface area contributed by atoms with E-state index < -0.39 is 0 Å². The number of hydrogen-bond donors (Lipinski definition) is 1. The van der Waals surface area contributed by atoms with E-state index >= 15 is 0 Å². The first-order chi connectivity index (χ1) is 13.7. The number of carbonyl (C=O) groups is 1. The van der Waals surface area contributed by atoms with E-state index in [-0.39, 0.29) is 18.4 Å². The smallest absolute Gasteiger partial charge is 0.225 e. The lowest BCUT2D eigenvalue weighted by atomic mass is 9.94. The number of para-hydroxylation sites is 2. The molecule has 3 aromatic carbocycles. The van der Waals surface area contributed by atoms with Crippen LogP contribution in [0.4, 0.5) is 0 Å². The van der Waals surface area contributed by atoms with Crippen molar-refractivity contribution in [1.29, 1.82) is 0 Å². The van der Waals surface area contributed by atoms with Gasteiger partial charge in [-0.05, 0) is 29.8 Å². The van der Waals surface area contributed by atoms with Crippen molar-refractivity contribution < 1.29 is 19.0 Å². The molecule has 142 valence electrons. The molecule has 0 aliphatic carbocycles. The van der Waals surface area contributed by atoms with Gasteiger partial charge in [-0.2, -0.15) is 0 Å². The summed E-state index contributed by atoms with van der Waals surface area (Å²) >= 11 is 0. The minimum Gasteiger partial charge on any atom is -0.493 e. The Morgan fingerprint density at radius 2 is 1.50 bits per heavy atom. The van der Waals surface area contributed by atoms with E-state index in [1.807, 2.05) is 60.7 Å². The second-order valence-corrected chi connectivity index (χ2v) is 6.54. The van der Waals surface area contributed by atoms with E-state index in [0.717, 1.165) is 28.2 Å². The topological polar surface area (TPSA) is 56.8 Å². The number of amides is 1. The molecule has 3 aromatic rings. The molecule has 0 bridgehead atoms. The Balaban J connectivity index is 1.58. The van der Waals surface area contributed by atoms with Crippen molar-refractivity contribution in [3.8, 4) is 23.0 Å². The van der Waals surface area contributed by atoms with Crippen LogP contribution in [0.15, 0.2) is 66.7 Å². The van der Waals surface area contributed by atoms with E-state index in [2.05, 4.69) is 5.32 Å². The molecule has 0 unspecified atom stereocenters. The molecule has 0 radical (unpaired) electrons. The van der Waals surface area contributed by atoms with Gasteiger partial charge >= 0.3 is 0 Å². The van der Waals surface area contributed by atoms with Gasteiger partial charge in [-0.25, -0.2) is 0 Å². The molecule has 0 spiro atoms. The van der Waals surface area contributed by atoms with Crippen LogP contribution in [0.25, 0.3) is 0 Å². The van der Waals surface area contributed by atoms with E-state index in [1.54, 1.807) is 20.3 Å². The summed E-state index contributed by atoms with van der Waals surface area (Å²) in [6.45, 7) is 0. The number of rotatable bonds is 5. The van der Waals surface area contributed by atoms with E-state index in [0.29, 0.717) is 11.5 Å². The van der Waals surface area contributed by atoms with Crippen molar-refractivity contribution in [3.05, 3.63) is 83.4 Å². The minimum absolute atomic E-state index is 0.0799. The van der Waals surface area contributed by atoms with Gasteiger partial charge in [-0.15, -0.1) is 0 Å². The fourth-order valence-electron chi connectivity index (χ4n) is 3.45. The van der Waals surface area contributed by atoms with Gasteiger partial charge in [0, 0.05) is 11.1 Å². The van der Waals surface area contributed by atoms with Crippen LogP contribution in [0.2, 0.25) is 0 Å². The molecule has 4 rings (SSSR count). The third kappa shape index (κ3) is 3.39. The second-order valence-electron chi connectivity index (χ2n) is 6.54. The third-order valence-electron chi connectivity index (χ3n) is 4.80. The lowest BCUT2D eigenvalue weighted by molar-refractivity contribution is -0.121. The molecule has 0 atom stereocenters. The number of ether oxygens (including phenoxy) is 3. The summed E-state index contributed by atoms with van der Waals surface area (Å²) in [4.78, 5) is 12.8. The van der Waals surface area contributed by atoms with E-state index in [9.17, 15) is 4.79 Å². The fraction of sp³-hybridized carbons (Fsp3) is 0.174. The van der Waals surface area contributed by atoms with Crippen molar-refractivity contribution in [2.75, 3.05) is 14.2 Å². The average Bonchev–Trinajstić information content (AvgIpc) is 2.73. The van der Waals surface area contributed by atoms with Crippen molar-refractivity contribution in [2.24, 2.45) is 0 Å². The lowest BCUT2D eigenvalue weighted by Gasteiger charge is -2.28. The van der Waals surface area contributed by atoms with Crippen molar-refractivity contribution in [1.82, 2.24) is 5.32 Å². The monoisotopic (exact) mass is 375 g/mol. The molecule has 0 saturated carbocycles. The second kappa shape index (κ2) is 7.64. The Labute approximate surface area is 163 Å². The normalized spacial score (nSPS) is 12.4. The number of methoxy groups -OCH3 is 2. The van der Waals surface area contributed by atoms with Crippen LogP contribution in [0.1, 0.15) is 22.7 Å². The molecule has 0 saturated heterocycles. The lowest BCUT2D eigenvalue weighted by Crippen LogP contribution is -2.32. The van der Waals surface area contributed by atoms with Crippen molar-refractivity contribution in [3.63, 3.8) is 0 Å². The molecule has 5 nitrogen and oxygen atoms in total. The van der Waals surface area contributed by atoms with Gasteiger partial charge in [-0.3, -0.25) is 4.79 Å². The fourth-order valence-corrected chi connectivity index (χ4v) is 3.45. The zero-order valence-corrected chi connectivity index (χ0v) is 15.8. The van der Waals surface area contributed by atoms with Crippen LogP contribution in [0, 0.1) is 0 Å². The number of nitrogens with one attached hydrogen (secondary N) is 1. The number of benzene rings is 3. The van der Waals surface area contributed by atoms with Gasteiger partial charge in [-0.1, -0.05) is 42.5 Å². The van der Waals surface area contributed by atoms with Gasteiger partial charge in [0.2, 0.25) is 5.91 Å². The highest BCUT2D eigenvalue weighted by atomic mass is 16.5. The highest BCUT2D eigenvalue weighted by Gasteiger charge is 2.28. The molecular formula is C23H21NO4. The zero-order valence-electron chi connectivity index (χ0n) is 15.8. The summed E-state index contributed by atoms with van der Waals surface area (Å²) < 4.78 is 16.6. The Morgan fingerprint density at radius 3 is 2.11 bits per heavy atom. The molecular weight excluding hydrogens is 354 g/mol. The Bertz CT molecular complexity index is 969. The van der Waals surface area contributed by atoms with Crippen LogP contribution in [0.3, 0.4) is 0 Å². The first kappa shape index (κ1) is 17.9. The zero-order chi connectivity index (χ0) is 19.5. The molecule has 0 fully saturated rings. The van der Waals surface area contributed by atoms with Crippen molar-refractivity contribution >= 4 is 5.91 Å². The minimum atomic E-state index is -0.256. The van der Waals surface area contributed by atoms with Crippen LogP contribution >= 0.6 is 0 Å². The highest BCUT2D eigenvalue weighted by molar-refractivity contribution is 5.80. The maximum Gasteiger partial charge on any atom is 0.225 e. The van der Waals surface area contributed by atoms with Crippen LogP contribution in [0.5, 0.6) is 23.0 Å². The van der Waals surface area contributed by atoms with Crippen LogP contribution < -0.4 is 19.5 Å². The third-order valence-corrected chi connectivity index (χ3v) is 4.80. The summed E-state index contributed by atoms with van der Waals surface area (Å²) in [7, 11) is 3.17. The molecule has 1 aliphatic heterocycles. The number of carbonyl (C=O) groups excluding carboxylic acids is 1. The largest absolute Gasteiger partial charge is 0.493 e. The molecule has 1 heterocycles. The SMILES string of the molecule is COc1ccc(CC(=O)NC2c3ccccc3Oc3ccccc32)cc1OC.